The Morgan fingerprint density at radius 3 is 2.81 bits per heavy atom. The number of aliphatic hydroxyl groups is 1. The molecule has 2 aromatic heterocycles. The molecule has 9 rings (SSSR count). The summed E-state index contributed by atoms with van der Waals surface area (Å²) >= 11 is 0. The number of hydrogen-bond donors (Lipinski definition) is 2. The van der Waals surface area contributed by atoms with E-state index in [1.165, 1.54) is 18.2 Å². The van der Waals surface area contributed by atoms with Crippen LogP contribution in [0.2, 0.25) is 0 Å². The van der Waals surface area contributed by atoms with Gasteiger partial charge < -0.3 is 19.4 Å². The molecule has 4 fully saturated rings. The molecule has 0 radical (unpaired) electrons. The Labute approximate surface area is 212 Å². The molecule has 6 nitrogen and oxygen atoms in total. The van der Waals surface area contributed by atoms with Gasteiger partial charge >= 0.3 is 0 Å². The number of halogens is 2. The first-order chi connectivity index (χ1) is 18.0. The molecule has 8 heteroatoms. The van der Waals surface area contributed by atoms with E-state index in [1.807, 2.05) is 10.6 Å². The second kappa shape index (κ2) is 7.63. The van der Waals surface area contributed by atoms with Crippen LogP contribution in [-0.4, -0.2) is 31.8 Å². The summed E-state index contributed by atoms with van der Waals surface area (Å²) in [5.41, 5.74) is 3.40. The normalized spacial score (nSPS) is 32.0. The van der Waals surface area contributed by atoms with E-state index >= 15 is 0 Å². The van der Waals surface area contributed by atoms with E-state index in [4.69, 9.17) is 4.42 Å². The Morgan fingerprint density at radius 2 is 1.97 bits per heavy atom. The van der Waals surface area contributed by atoms with Gasteiger partial charge in [0.1, 0.15) is 17.2 Å². The van der Waals surface area contributed by atoms with Crippen molar-refractivity contribution < 1.29 is 18.3 Å². The number of aromatic nitrogens is 3. The largest absolute Gasteiger partial charge is 0.424 e. The van der Waals surface area contributed by atoms with Gasteiger partial charge in [-0.15, -0.1) is 0 Å². The molecular formula is C29H28F2N4O2. The van der Waals surface area contributed by atoms with Crippen molar-refractivity contribution >= 4 is 17.1 Å². The highest BCUT2D eigenvalue weighted by Gasteiger charge is 2.58. The van der Waals surface area contributed by atoms with Crippen molar-refractivity contribution in [3.05, 3.63) is 66.1 Å². The molecule has 4 aliphatic carbocycles. The molecule has 2 N–H and O–H groups in total. The highest BCUT2D eigenvalue weighted by atomic mass is 19.1. The van der Waals surface area contributed by atoms with E-state index < -0.39 is 6.10 Å². The molecule has 4 aromatic rings. The third-order valence-corrected chi connectivity index (χ3v) is 9.78. The summed E-state index contributed by atoms with van der Waals surface area (Å²) in [5.74, 6) is 0.865. The van der Waals surface area contributed by atoms with Crippen molar-refractivity contribution in [2.75, 3.05) is 5.32 Å². The van der Waals surface area contributed by atoms with Gasteiger partial charge in [-0.3, -0.25) is 0 Å². The monoisotopic (exact) mass is 502 g/mol. The smallest absolute Gasteiger partial charge is 0.295 e. The lowest BCUT2D eigenvalue weighted by atomic mass is 9.46. The van der Waals surface area contributed by atoms with E-state index in [2.05, 4.69) is 15.3 Å². The number of nitrogens with zero attached hydrogens (tertiary/aromatic N) is 3. The molecule has 4 unspecified atom stereocenters. The van der Waals surface area contributed by atoms with Crippen LogP contribution < -0.4 is 5.32 Å². The summed E-state index contributed by atoms with van der Waals surface area (Å²) in [7, 11) is 0. The third-order valence-electron chi connectivity index (χ3n) is 9.78. The van der Waals surface area contributed by atoms with Crippen molar-refractivity contribution in [1.82, 2.24) is 14.5 Å². The van der Waals surface area contributed by atoms with Gasteiger partial charge in [0.15, 0.2) is 5.58 Å². The second-order valence-electron chi connectivity index (χ2n) is 11.8. The molecule has 2 aromatic carbocycles. The van der Waals surface area contributed by atoms with Crippen LogP contribution in [0.1, 0.15) is 50.1 Å². The van der Waals surface area contributed by atoms with E-state index in [9.17, 15) is 13.9 Å². The Morgan fingerprint density at radius 1 is 1.14 bits per heavy atom. The number of hydrogen-bond acceptors (Lipinski definition) is 5. The fourth-order valence-electron chi connectivity index (χ4n) is 8.53. The second-order valence-corrected chi connectivity index (χ2v) is 11.8. The first-order valence-corrected chi connectivity index (χ1v) is 13.3. The maximum Gasteiger partial charge on any atom is 0.295 e. The number of anilines is 1. The van der Waals surface area contributed by atoms with Gasteiger partial charge in [0.05, 0.1) is 30.4 Å². The number of rotatable bonds is 5. The Bertz CT molecular complexity index is 1510. The minimum Gasteiger partial charge on any atom is -0.424 e. The van der Waals surface area contributed by atoms with Crippen molar-refractivity contribution in [2.45, 2.75) is 56.7 Å². The highest BCUT2D eigenvalue weighted by Crippen LogP contribution is 2.63. The zero-order chi connectivity index (χ0) is 24.9. The molecule has 37 heavy (non-hydrogen) atoms. The van der Waals surface area contributed by atoms with Crippen LogP contribution in [0.4, 0.5) is 14.8 Å². The number of fused-ring (bicyclic) bond motifs is 4. The lowest BCUT2D eigenvalue weighted by Crippen LogP contribution is -2.59. The van der Waals surface area contributed by atoms with Gasteiger partial charge in [-0.2, -0.15) is 4.98 Å². The molecule has 0 amide bonds. The molecule has 1 aliphatic heterocycles. The quantitative estimate of drug-likeness (QED) is 0.354. The molecule has 0 saturated heterocycles. The maximum absolute atomic E-state index is 15.0. The third kappa shape index (κ3) is 3.17. The van der Waals surface area contributed by atoms with Gasteiger partial charge in [-0.05, 0) is 79.9 Å². The van der Waals surface area contributed by atoms with Crippen molar-refractivity contribution in [3.8, 4) is 11.3 Å². The van der Waals surface area contributed by atoms with E-state index in [0.717, 1.165) is 43.4 Å². The van der Waals surface area contributed by atoms with Crippen molar-refractivity contribution in [1.29, 1.82) is 0 Å². The summed E-state index contributed by atoms with van der Waals surface area (Å²) < 4.78 is 36.5. The van der Waals surface area contributed by atoms with Crippen molar-refractivity contribution in [2.24, 2.45) is 23.2 Å². The lowest BCUT2D eigenvalue weighted by molar-refractivity contribution is -0.129. The summed E-state index contributed by atoms with van der Waals surface area (Å²) in [6, 6.07) is 10.0. The highest BCUT2D eigenvalue weighted by molar-refractivity contribution is 5.74. The number of oxazole rings is 1. The van der Waals surface area contributed by atoms with Crippen LogP contribution in [0.25, 0.3) is 22.4 Å². The number of nitrogens with one attached hydrogen (secondary N) is 1. The van der Waals surface area contributed by atoms with Crippen LogP contribution in [0.15, 0.2) is 53.3 Å². The maximum atomic E-state index is 15.0. The molecule has 3 heterocycles. The summed E-state index contributed by atoms with van der Waals surface area (Å²) in [6.45, 7) is 0. The van der Waals surface area contributed by atoms with Gasteiger partial charge in [0.25, 0.3) is 6.01 Å². The van der Waals surface area contributed by atoms with E-state index in [0.29, 0.717) is 46.9 Å². The minimum absolute atomic E-state index is 0.159. The van der Waals surface area contributed by atoms with Crippen LogP contribution >= 0.6 is 0 Å². The standard InChI is InChI=1S/C29H28F2N4O2/c30-18-4-5-24-21(8-18)33-28(37-24)34-27-16-6-15-7-17(27)12-29(10-15,11-16)25(36)9-22-26-19(2-1-3-20(26)31)23-13-32-14-35(22)23/h1-5,8,13-17,22,25,27,36H,6-7,9-12H2,(H,33,34). The molecular weight excluding hydrogens is 474 g/mol. The number of aliphatic hydroxyl groups excluding tert-OH is 1. The fourth-order valence-corrected chi connectivity index (χ4v) is 8.53. The molecule has 4 atom stereocenters. The first-order valence-electron chi connectivity index (χ1n) is 13.3. The topological polar surface area (TPSA) is 76.1 Å². The van der Waals surface area contributed by atoms with E-state index in [-0.39, 0.29) is 29.1 Å². The van der Waals surface area contributed by atoms with Crippen LogP contribution in [-0.2, 0) is 0 Å². The molecule has 190 valence electrons. The van der Waals surface area contributed by atoms with Crippen LogP contribution in [0.5, 0.6) is 0 Å². The molecule has 4 saturated carbocycles. The SMILES string of the molecule is OC(CC1c2c(F)cccc2-c2cncn21)C12CC3CC(C1)C(Nc1nc4cc(F)ccc4o1)C(C3)C2. The van der Waals surface area contributed by atoms with Gasteiger partial charge in [0, 0.05) is 23.2 Å². The van der Waals surface area contributed by atoms with Crippen LogP contribution in [0, 0.1) is 34.8 Å². The average Bonchev–Trinajstić information content (AvgIpc) is 3.57. The average molecular weight is 503 g/mol. The minimum atomic E-state index is -0.528. The van der Waals surface area contributed by atoms with Gasteiger partial charge in [0.2, 0.25) is 0 Å². The predicted molar refractivity (Wildman–Crippen MR) is 134 cm³/mol. The predicted octanol–water partition coefficient (Wildman–Crippen LogP) is 5.93. The number of imidazole rings is 1. The zero-order valence-electron chi connectivity index (χ0n) is 20.3. The molecule has 4 bridgehead atoms. The Balaban J connectivity index is 1.05. The lowest BCUT2D eigenvalue weighted by Gasteiger charge is -2.61. The molecule has 5 aliphatic rings. The summed E-state index contributed by atoms with van der Waals surface area (Å²) in [4.78, 5) is 8.79. The summed E-state index contributed by atoms with van der Waals surface area (Å²) in [6.07, 6.45) is 8.66. The first kappa shape index (κ1) is 21.8. The van der Waals surface area contributed by atoms with Crippen LogP contribution in [0.3, 0.4) is 0 Å². The summed E-state index contributed by atoms with van der Waals surface area (Å²) in [5, 5.41) is 15.4. The van der Waals surface area contributed by atoms with E-state index in [1.54, 1.807) is 24.7 Å². The fraction of sp³-hybridized carbons (Fsp3) is 0.448. The van der Waals surface area contributed by atoms with Gasteiger partial charge in [-0.25, -0.2) is 13.8 Å². The zero-order valence-corrected chi connectivity index (χ0v) is 20.3. The number of benzene rings is 2. The Hall–Kier alpha value is -3.26. The molecule has 0 spiro atoms. The Kier molecular flexibility index (Phi) is 4.49. The van der Waals surface area contributed by atoms with Crippen molar-refractivity contribution in [3.63, 3.8) is 0 Å². The van der Waals surface area contributed by atoms with Gasteiger partial charge in [-0.1, -0.05) is 12.1 Å².